The fraction of sp³-hybridized carbons (Fsp3) is 0. The van der Waals surface area contributed by atoms with E-state index in [1.54, 1.807) is 24.3 Å². The number of phenolic OH excluding ortho intramolecular Hbond substituents is 1. The molecule has 2 aromatic rings. The molecule has 0 atom stereocenters. The van der Waals surface area contributed by atoms with Crippen LogP contribution in [-0.4, -0.2) is 10.9 Å². The van der Waals surface area contributed by atoms with Gasteiger partial charge in [-0.2, -0.15) is 0 Å². The molecular weight excluding hydrogens is 236 g/mol. The number of amidine groups is 1. The molecule has 2 aromatic carbocycles. The van der Waals surface area contributed by atoms with Crippen molar-refractivity contribution in [1.29, 1.82) is 0 Å². The molecule has 0 aliphatic rings. The van der Waals surface area contributed by atoms with Crippen molar-refractivity contribution < 1.29 is 5.11 Å². The van der Waals surface area contributed by atoms with E-state index < -0.39 is 0 Å². The molecule has 4 heteroatoms. The van der Waals surface area contributed by atoms with Gasteiger partial charge in [0.1, 0.15) is 11.6 Å². The van der Waals surface area contributed by atoms with Crippen LogP contribution in [0, 0.1) is 0 Å². The highest BCUT2D eigenvalue weighted by atomic mass is 35.5. The smallest absolute Gasteiger partial charge is 0.131 e. The van der Waals surface area contributed by atoms with Gasteiger partial charge >= 0.3 is 0 Å². The van der Waals surface area contributed by atoms with Crippen LogP contribution in [0.3, 0.4) is 0 Å². The maximum atomic E-state index is 9.13. The Bertz CT molecular complexity index is 495. The van der Waals surface area contributed by atoms with E-state index in [2.05, 4.69) is 4.99 Å². The molecule has 0 aliphatic heterocycles. The second kappa shape index (κ2) is 5.92. The van der Waals surface area contributed by atoms with E-state index in [1.807, 2.05) is 30.3 Å². The third-order valence-electron chi connectivity index (χ3n) is 2.17. The monoisotopic (exact) mass is 248 g/mol. The van der Waals surface area contributed by atoms with Gasteiger partial charge < -0.3 is 10.8 Å². The Labute approximate surface area is 106 Å². The van der Waals surface area contributed by atoms with E-state index in [1.165, 1.54) is 0 Å². The second-order valence-corrected chi connectivity index (χ2v) is 3.38. The molecule has 3 nitrogen and oxygen atoms in total. The van der Waals surface area contributed by atoms with Crippen molar-refractivity contribution >= 4 is 23.9 Å². The van der Waals surface area contributed by atoms with E-state index in [0.717, 1.165) is 11.3 Å². The van der Waals surface area contributed by atoms with Crippen LogP contribution in [0.2, 0.25) is 0 Å². The summed E-state index contributed by atoms with van der Waals surface area (Å²) in [7, 11) is 0. The number of halogens is 1. The zero-order valence-corrected chi connectivity index (χ0v) is 9.89. The second-order valence-electron chi connectivity index (χ2n) is 3.38. The predicted molar refractivity (Wildman–Crippen MR) is 72.2 cm³/mol. The summed E-state index contributed by atoms with van der Waals surface area (Å²) >= 11 is 0. The van der Waals surface area contributed by atoms with Gasteiger partial charge in [0.05, 0.1) is 5.69 Å². The number of phenols is 1. The SMILES string of the molecule is Cl.NC(=Nc1ccc(O)cc1)c1ccccc1. The van der Waals surface area contributed by atoms with Crippen molar-refractivity contribution in [2.75, 3.05) is 0 Å². The van der Waals surface area contributed by atoms with Crippen LogP contribution in [0.5, 0.6) is 5.75 Å². The summed E-state index contributed by atoms with van der Waals surface area (Å²) in [5.41, 5.74) is 7.46. The minimum absolute atomic E-state index is 0. The van der Waals surface area contributed by atoms with Gasteiger partial charge in [-0.3, -0.25) is 0 Å². The topological polar surface area (TPSA) is 58.6 Å². The zero-order chi connectivity index (χ0) is 11.4. The first-order valence-corrected chi connectivity index (χ1v) is 4.94. The molecule has 0 unspecified atom stereocenters. The highest BCUT2D eigenvalue weighted by Gasteiger charge is 1.97. The zero-order valence-electron chi connectivity index (χ0n) is 9.08. The van der Waals surface area contributed by atoms with Gasteiger partial charge in [0.2, 0.25) is 0 Å². The summed E-state index contributed by atoms with van der Waals surface area (Å²) in [6.07, 6.45) is 0. The van der Waals surface area contributed by atoms with E-state index in [0.29, 0.717) is 5.84 Å². The summed E-state index contributed by atoms with van der Waals surface area (Å²) in [5, 5.41) is 9.13. The van der Waals surface area contributed by atoms with Crippen LogP contribution in [0.4, 0.5) is 5.69 Å². The Balaban J connectivity index is 0.00000144. The molecule has 0 saturated carbocycles. The Morgan fingerprint density at radius 1 is 0.941 bits per heavy atom. The van der Waals surface area contributed by atoms with Crippen LogP contribution in [-0.2, 0) is 0 Å². The maximum Gasteiger partial charge on any atom is 0.131 e. The molecule has 0 spiro atoms. The first kappa shape index (κ1) is 13.1. The van der Waals surface area contributed by atoms with Crippen molar-refractivity contribution in [3.63, 3.8) is 0 Å². The first-order chi connectivity index (χ1) is 7.75. The lowest BCUT2D eigenvalue weighted by Gasteiger charge is -2.00. The van der Waals surface area contributed by atoms with Crippen LogP contribution in [0.1, 0.15) is 5.56 Å². The normalized spacial score (nSPS) is 10.7. The Morgan fingerprint density at radius 2 is 1.53 bits per heavy atom. The molecular formula is C13H13ClN2O. The summed E-state index contributed by atoms with van der Waals surface area (Å²) in [6.45, 7) is 0. The fourth-order valence-electron chi connectivity index (χ4n) is 1.34. The highest BCUT2D eigenvalue weighted by molar-refractivity contribution is 5.98. The highest BCUT2D eigenvalue weighted by Crippen LogP contribution is 2.17. The standard InChI is InChI=1S/C13H12N2O.ClH/c14-13(10-4-2-1-3-5-10)15-11-6-8-12(16)9-7-11;/h1-9,16H,(H2,14,15);1H. The molecule has 17 heavy (non-hydrogen) atoms. The minimum Gasteiger partial charge on any atom is -0.508 e. The van der Waals surface area contributed by atoms with Gasteiger partial charge in [-0.1, -0.05) is 30.3 Å². The number of hydrogen-bond acceptors (Lipinski definition) is 2. The molecule has 0 heterocycles. The lowest BCUT2D eigenvalue weighted by Crippen LogP contribution is -2.12. The molecule has 0 aliphatic carbocycles. The third-order valence-corrected chi connectivity index (χ3v) is 2.17. The average molecular weight is 249 g/mol. The van der Waals surface area contributed by atoms with Gasteiger partial charge in [-0.15, -0.1) is 12.4 Å². The molecule has 0 radical (unpaired) electrons. The Morgan fingerprint density at radius 3 is 2.12 bits per heavy atom. The third kappa shape index (κ3) is 3.50. The Kier molecular flexibility index (Phi) is 4.55. The van der Waals surface area contributed by atoms with Gasteiger partial charge in [0.15, 0.2) is 0 Å². The number of nitrogens with zero attached hydrogens (tertiary/aromatic N) is 1. The van der Waals surface area contributed by atoms with E-state index in [4.69, 9.17) is 10.8 Å². The lowest BCUT2D eigenvalue weighted by molar-refractivity contribution is 0.475. The summed E-state index contributed by atoms with van der Waals surface area (Å²) < 4.78 is 0. The number of hydrogen-bond donors (Lipinski definition) is 2. The molecule has 88 valence electrons. The molecule has 2 rings (SSSR count). The minimum atomic E-state index is 0. The number of aliphatic imine (C=N–C) groups is 1. The number of aromatic hydroxyl groups is 1. The van der Waals surface area contributed by atoms with Crippen LogP contribution in [0.25, 0.3) is 0 Å². The van der Waals surface area contributed by atoms with Gasteiger partial charge in [0, 0.05) is 5.56 Å². The molecule has 0 saturated heterocycles. The van der Waals surface area contributed by atoms with Gasteiger partial charge in [0.25, 0.3) is 0 Å². The van der Waals surface area contributed by atoms with Crippen LogP contribution >= 0.6 is 12.4 Å². The van der Waals surface area contributed by atoms with E-state index in [9.17, 15) is 0 Å². The van der Waals surface area contributed by atoms with E-state index in [-0.39, 0.29) is 18.2 Å². The van der Waals surface area contributed by atoms with Gasteiger partial charge in [-0.25, -0.2) is 4.99 Å². The largest absolute Gasteiger partial charge is 0.508 e. The first-order valence-electron chi connectivity index (χ1n) is 4.94. The van der Waals surface area contributed by atoms with Crippen molar-refractivity contribution in [2.24, 2.45) is 10.7 Å². The van der Waals surface area contributed by atoms with Gasteiger partial charge in [-0.05, 0) is 24.3 Å². The van der Waals surface area contributed by atoms with E-state index >= 15 is 0 Å². The van der Waals surface area contributed by atoms with Crippen LogP contribution in [0.15, 0.2) is 59.6 Å². The van der Waals surface area contributed by atoms with Crippen molar-refractivity contribution in [1.82, 2.24) is 0 Å². The number of rotatable bonds is 2. The summed E-state index contributed by atoms with van der Waals surface area (Å²) in [4.78, 5) is 4.25. The molecule has 0 fully saturated rings. The van der Waals surface area contributed by atoms with Crippen LogP contribution < -0.4 is 5.73 Å². The number of nitrogens with two attached hydrogens (primary N) is 1. The Hall–Kier alpha value is -2.00. The molecule has 0 bridgehead atoms. The van der Waals surface area contributed by atoms with Crippen molar-refractivity contribution in [3.05, 3.63) is 60.2 Å². The summed E-state index contributed by atoms with van der Waals surface area (Å²) in [6, 6.07) is 16.1. The average Bonchev–Trinajstić information content (AvgIpc) is 2.33. The molecule has 3 N–H and O–H groups in total. The molecule has 0 aromatic heterocycles. The quantitative estimate of drug-likeness (QED) is 0.634. The maximum absolute atomic E-state index is 9.13. The van der Waals surface area contributed by atoms with Crippen molar-refractivity contribution in [3.8, 4) is 5.75 Å². The fourth-order valence-corrected chi connectivity index (χ4v) is 1.34. The lowest BCUT2D eigenvalue weighted by atomic mass is 10.2. The number of benzene rings is 2. The summed E-state index contributed by atoms with van der Waals surface area (Å²) in [5.74, 6) is 0.684. The van der Waals surface area contributed by atoms with Crippen molar-refractivity contribution in [2.45, 2.75) is 0 Å². The molecule has 0 amide bonds. The predicted octanol–water partition coefficient (Wildman–Crippen LogP) is 2.85.